The van der Waals surface area contributed by atoms with Crippen LogP contribution in [0.1, 0.15) is 23.6 Å². The van der Waals surface area contributed by atoms with Gasteiger partial charge in [-0.2, -0.15) is 5.10 Å². The van der Waals surface area contributed by atoms with Crippen LogP contribution in [0.3, 0.4) is 0 Å². The van der Waals surface area contributed by atoms with Gasteiger partial charge in [0.25, 0.3) is 5.91 Å². The summed E-state index contributed by atoms with van der Waals surface area (Å²) in [5.74, 6) is 1.19. The van der Waals surface area contributed by atoms with Gasteiger partial charge in [0.05, 0.1) is 31.7 Å². The van der Waals surface area contributed by atoms with E-state index in [4.69, 9.17) is 26.8 Å². The summed E-state index contributed by atoms with van der Waals surface area (Å²) < 4.78 is 11.4. The number of anilines is 1. The van der Waals surface area contributed by atoms with Crippen LogP contribution in [-0.4, -0.2) is 46.8 Å². The highest BCUT2D eigenvalue weighted by Gasteiger charge is 2.34. The fourth-order valence-electron chi connectivity index (χ4n) is 3.39. The van der Waals surface area contributed by atoms with E-state index in [0.717, 1.165) is 16.8 Å². The van der Waals surface area contributed by atoms with E-state index in [1.165, 1.54) is 28.1 Å². The van der Waals surface area contributed by atoms with Crippen molar-refractivity contribution in [3.63, 3.8) is 0 Å². The number of nitrogens with zero attached hydrogens (tertiary/aromatic N) is 4. The largest absolute Gasteiger partial charge is 0.493 e. The zero-order chi connectivity index (χ0) is 22.7. The Morgan fingerprint density at radius 1 is 1.22 bits per heavy atom. The molecule has 2 N–H and O–H groups in total. The highest BCUT2D eigenvalue weighted by atomic mass is 35.5. The Labute approximate surface area is 198 Å². The van der Waals surface area contributed by atoms with Gasteiger partial charge in [0.15, 0.2) is 15.8 Å². The summed E-state index contributed by atoms with van der Waals surface area (Å²) in [5.41, 5.74) is 8.06. The molecule has 0 saturated heterocycles. The molecule has 8 nitrogen and oxygen atoms in total. The van der Waals surface area contributed by atoms with Crippen molar-refractivity contribution in [3.8, 4) is 11.5 Å². The molecule has 1 aliphatic rings. The fraction of sp³-hybridized carbons (Fsp3) is 0.238. The molecule has 1 aliphatic heterocycles. The minimum Gasteiger partial charge on any atom is -0.493 e. The lowest BCUT2D eigenvalue weighted by Gasteiger charge is -2.22. The number of nitrogen functional groups attached to an aromatic ring is 1. The molecule has 0 spiro atoms. The Morgan fingerprint density at radius 2 is 2.00 bits per heavy atom. The number of halogens is 1. The number of rotatable bonds is 7. The molecule has 4 rings (SSSR count). The summed E-state index contributed by atoms with van der Waals surface area (Å²) in [4.78, 5) is 13.2. The van der Waals surface area contributed by atoms with Crippen LogP contribution in [0.5, 0.6) is 11.5 Å². The second-order valence-electron chi connectivity index (χ2n) is 6.79. The zero-order valence-electron chi connectivity index (χ0n) is 17.3. The van der Waals surface area contributed by atoms with Crippen molar-refractivity contribution in [2.24, 2.45) is 5.10 Å². The van der Waals surface area contributed by atoms with Crippen LogP contribution in [0, 0.1) is 0 Å². The summed E-state index contributed by atoms with van der Waals surface area (Å²) in [6.45, 7) is 0. The molecule has 1 amide bonds. The summed E-state index contributed by atoms with van der Waals surface area (Å²) in [6.07, 6.45) is 0.515. The number of aromatic nitrogens is 2. The smallest absolute Gasteiger partial charge is 0.253 e. The molecule has 2 aromatic carbocycles. The van der Waals surface area contributed by atoms with Crippen LogP contribution in [-0.2, 0) is 4.79 Å². The molecule has 3 aromatic rings. The first kappa shape index (κ1) is 22.4. The van der Waals surface area contributed by atoms with Crippen LogP contribution >= 0.6 is 34.7 Å². The van der Waals surface area contributed by atoms with Crippen molar-refractivity contribution in [3.05, 3.63) is 58.6 Å². The molecule has 0 saturated carbocycles. The van der Waals surface area contributed by atoms with Gasteiger partial charge in [0.2, 0.25) is 5.13 Å². The Kier molecular flexibility index (Phi) is 6.83. The van der Waals surface area contributed by atoms with Gasteiger partial charge in [-0.05, 0) is 23.8 Å². The Morgan fingerprint density at radius 3 is 2.69 bits per heavy atom. The number of hydrogen-bond donors (Lipinski definition) is 1. The highest BCUT2D eigenvalue weighted by molar-refractivity contribution is 8.01. The summed E-state index contributed by atoms with van der Waals surface area (Å²) in [7, 11) is 3.16. The molecule has 2 heterocycles. The first-order valence-corrected chi connectivity index (χ1v) is 11.8. The van der Waals surface area contributed by atoms with Crippen LogP contribution in [0.2, 0.25) is 5.02 Å². The monoisotopic (exact) mass is 489 g/mol. The van der Waals surface area contributed by atoms with Gasteiger partial charge in [-0.3, -0.25) is 4.79 Å². The van der Waals surface area contributed by atoms with E-state index in [2.05, 4.69) is 15.3 Å². The molecule has 1 atom stereocenters. The van der Waals surface area contributed by atoms with Gasteiger partial charge >= 0.3 is 0 Å². The van der Waals surface area contributed by atoms with E-state index in [-0.39, 0.29) is 17.7 Å². The van der Waals surface area contributed by atoms with Gasteiger partial charge in [-0.25, -0.2) is 5.01 Å². The second-order valence-corrected chi connectivity index (χ2v) is 9.43. The molecule has 0 radical (unpaired) electrons. The average Bonchev–Trinajstić information content (AvgIpc) is 3.44. The van der Waals surface area contributed by atoms with E-state index < -0.39 is 0 Å². The Bertz CT molecular complexity index is 1170. The van der Waals surface area contributed by atoms with E-state index in [9.17, 15) is 4.79 Å². The number of thioether (sulfide) groups is 1. The minimum absolute atomic E-state index is 0.151. The highest BCUT2D eigenvalue weighted by Crippen LogP contribution is 2.38. The Balaban J connectivity index is 1.64. The number of nitrogens with two attached hydrogens (primary N) is 1. The molecule has 32 heavy (non-hydrogen) atoms. The molecule has 1 unspecified atom stereocenters. The quantitative estimate of drug-likeness (QED) is 0.494. The third kappa shape index (κ3) is 4.67. The fourth-order valence-corrected chi connectivity index (χ4v) is 5.12. The molecule has 0 bridgehead atoms. The van der Waals surface area contributed by atoms with E-state index >= 15 is 0 Å². The predicted octanol–water partition coefficient (Wildman–Crippen LogP) is 4.26. The third-order valence-corrected chi connectivity index (χ3v) is 7.08. The van der Waals surface area contributed by atoms with Crippen molar-refractivity contribution in [2.75, 3.05) is 25.7 Å². The number of ether oxygens (including phenoxy) is 2. The lowest BCUT2D eigenvalue weighted by atomic mass is 9.98. The third-order valence-electron chi connectivity index (χ3n) is 4.88. The first-order valence-electron chi connectivity index (χ1n) is 9.58. The van der Waals surface area contributed by atoms with Crippen LogP contribution in [0.15, 0.2) is 51.9 Å². The SMILES string of the molecule is COc1ccc(C2CC(c3ccccc3Cl)=NN2C(=O)CSc2nnc(N)s2)cc1OC. The number of carbonyl (C=O) groups is 1. The van der Waals surface area contributed by atoms with Gasteiger partial charge in [0, 0.05) is 17.0 Å². The normalized spacial score (nSPS) is 15.5. The summed E-state index contributed by atoms with van der Waals surface area (Å²) in [5, 5.41) is 14.9. The maximum absolute atomic E-state index is 13.2. The number of hydrazone groups is 1. The van der Waals surface area contributed by atoms with Crippen LogP contribution < -0.4 is 15.2 Å². The van der Waals surface area contributed by atoms with Gasteiger partial charge in [-0.1, -0.05) is 59.0 Å². The summed E-state index contributed by atoms with van der Waals surface area (Å²) >= 11 is 8.93. The van der Waals surface area contributed by atoms with E-state index in [0.29, 0.717) is 32.4 Å². The number of benzene rings is 2. The Hall–Kier alpha value is -2.82. The van der Waals surface area contributed by atoms with Crippen molar-refractivity contribution in [1.29, 1.82) is 0 Å². The van der Waals surface area contributed by atoms with Crippen molar-refractivity contribution >= 4 is 51.5 Å². The standard InChI is InChI=1S/C21H20ClN5O3S2/c1-29-17-8-7-12(9-18(17)30-2)16-10-15(13-5-3-4-6-14(13)22)26-27(16)19(28)11-31-21-25-24-20(23)32-21/h3-9,16H,10-11H2,1-2H3,(H2,23,24). The van der Waals surface area contributed by atoms with Gasteiger partial charge < -0.3 is 15.2 Å². The van der Waals surface area contributed by atoms with Gasteiger partial charge in [0.1, 0.15) is 0 Å². The molecule has 166 valence electrons. The topological polar surface area (TPSA) is 103 Å². The number of carbonyl (C=O) groups excluding carboxylic acids is 1. The van der Waals surface area contributed by atoms with Gasteiger partial charge in [-0.15, -0.1) is 10.2 Å². The molecule has 0 aliphatic carbocycles. The minimum atomic E-state index is -0.311. The predicted molar refractivity (Wildman–Crippen MR) is 127 cm³/mol. The van der Waals surface area contributed by atoms with Crippen LogP contribution in [0.4, 0.5) is 5.13 Å². The van der Waals surface area contributed by atoms with Crippen LogP contribution in [0.25, 0.3) is 0 Å². The van der Waals surface area contributed by atoms with Crippen molar-refractivity contribution in [1.82, 2.24) is 15.2 Å². The molecule has 11 heteroatoms. The lowest BCUT2D eigenvalue weighted by Crippen LogP contribution is -2.28. The molecule has 0 fully saturated rings. The number of methoxy groups -OCH3 is 2. The summed E-state index contributed by atoms with van der Waals surface area (Å²) in [6, 6.07) is 12.8. The maximum atomic E-state index is 13.2. The molecule has 1 aromatic heterocycles. The maximum Gasteiger partial charge on any atom is 0.253 e. The molecular formula is C21H20ClN5O3S2. The average molecular weight is 490 g/mol. The first-order chi connectivity index (χ1) is 15.5. The van der Waals surface area contributed by atoms with E-state index in [1.54, 1.807) is 14.2 Å². The number of hydrogen-bond acceptors (Lipinski definition) is 9. The van der Waals surface area contributed by atoms with E-state index in [1.807, 2.05) is 42.5 Å². The van der Waals surface area contributed by atoms with Crippen molar-refractivity contribution < 1.29 is 14.3 Å². The lowest BCUT2D eigenvalue weighted by molar-refractivity contribution is -0.130. The second kappa shape index (κ2) is 9.76. The van der Waals surface area contributed by atoms with Crippen molar-refractivity contribution in [2.45, 2.75) is 16.8 Å². The zero-order valence-corrected chi connectivity index (χ0v) is 19.7. The molecular weight excluding hydrogens is 470 g/mol. The number of amides is 1.